The monoisotopic (exact) mass is 467 g/mol. The van der Waals surface area contributed by atoms with Crippen molar-refractivity contribution in [1.82, 2.24) is 5.43 Å². The van der Waals surface area contributed by atoms with Crippen LogP contribution in [0.2, 0.25) is 0 Å². The quantitative estimate of drug-likeness (QED) is 0.408. The van der Waals surface area contributed by atoms with E-state index in [1.165, 1.54) is 37.6 Å². The van der Waals surface area contributed by atoms with E-state index in [2.05, 4.69) is 15.2 Å². The van der Waals surface area contributed by atoms with Crippen LogP contribution in [0.3, 0.4) is 0 Å². The number of nitrogens with zero attached hydrogens (tertiary/aromatic N) is 1. The fourth-order valence-electron chi connectivity index (χ4n) is 3.11. The van der Waals surface area contributed by atoms with E-state index in [1.54, 1.807) is 42.5 Å². The summed E-state index contributed by atoms with van der Waals surface area (Å²) in [7, 11) is -2.50. The van der Waals surface area contributed by atoms with E-state index >= 15 is 0 Å². The molecule has 1 aliphatic rings. The number of para-hydroxylation sites is 2. The third-order valence-corrected chi connectivity index (χ3v) is 6.07. The molecular weight excluding hydrogens is 446 g/mol. The number of hydrogen-bond donors (Lipinski definition) is 2. The second-order valence-electron chi connectivity index (χ2n) is 6.94. The smallest absolute Gasteiger partial charge is 0.271 e. The minimum atomic E-state index is -3.95. The fourth-order valence-corrected chi connectivity index (χ4v) is 4.22. The van der Waals surface area contributed by atoms with Crippen LogP contribution in [0, 0.1) is 0 Å². The van der Waals surface area contributed by atoms with Crippen molar-refractivity contribution >= 4 is 27.8 Å². The first kappa shape index (κ1) is 22.2. The highest BCUT2D eigenvalue weighted by molar-refractivity contribution is 7.92. The van der Waals surface area contributed by atoms with Gasteiger partial charge in [0.15, 0.2) is 11.5 Å². The molecule has 33 heavy (non-hydrogen) atoms. The molecule has 0 saturated carbocycles. The Bertz CT molecular complexity index is 1310. The lowest BCUT2D eigenvalue weighted by Gasteiger charge is -2.18. The number of anilines is 1. The Morgan fingerprint density at radius 2 is 1.79 bits per heavy atom. The molecule has 4 rings (SSSR count). The summed E-state index contributed by atoms with van der Waals surface area (Å²) in [6, 6.07) is 17.6. The number of methoxy groups -OCH3 is 1. The molecule has 0 bridgehead atoms. The van der Waals surface area contributed by atoms with Crippen LogP contribution in [0.5, 0.6) is 17.2 Å². The van der Waals surface area contributed by atoms with E-state index in [9.17, 15) is 13.2 Å². The minimum Gasteiger partial charge on any atom is -0.495 e. The summed E-state index contributed by atoms with van der Waals surface area (Å²) in [6.45, 7) is 0.967. The molecule has 0 fully saturated rings. The van der Waals surface area contributed by atoms with Gasteiger partial charge in [-0.1, -0.05) is 18.2 Å². The Labute approximate surface area is 191 Å². The second-order valence-corrected chi connectivity index (χ2v) is 8.62. The normalized spacial score (nSPS) is 12.9. The molecule has 170 valence electrons. The largest absolute Gasteiger partial charge is 0.495 e. The Morgan fingerprint density at radius 1 is 1.00 bits per heavy atom. The predicted octanol–water partition coefficient (Wildman–Crippen LogP) is 3.03. The third-order valence-electron chi connectivity index (χ3n) is 4.70. The molecule has 2 N–H and O–H groups in total. The summed E-state index contributed by atoms with van der Waals surface area (Å²) < 4.78 is 44.3. The summed E-state index contributed by atoms with van der Waals surface area (Å²) in [6.07, 6.45) is 1.46. The van der Waals surface area contributed by atoms with Crippen LogP contribution in [-0.4, -0.2) is 40.9 Å². The third kappa shape index (κ3) is 5.24. The van der Waals surface area contributed by atoms with Crippen molar-refractivity contribution in [3.63, 3.8) is 0 Å². The van der Waals surface area contributed by atoms with Crippen molar-refractivity contribution in [3.05, 3.63) is 77.9 Å². The van der Waals surface area contributed by atoms with Crippen LogP contribution in [0.25, 0.3) is 0 Å². The number of fused-ring (bicyclic) bond motifs is 1. The number of sulfonamides is 1. The maximum absolute atomic E-state index is 12.8. The summed E-state index contributed by atoms with van der Waals surface area (Å²) >= 11 is 0. The molecule has 3 aromatic carbocycles. The number of rotatable bonds is 7. The summed E-state index contributed by atoms with van der Waals surface area (Å²) in [5.41, 5.74) is 3.53. The molecule has 3 aromatic rings. The van der Waals surface area contributed by atoms with Gasteiger partial charge in [-0.15, -0.1) is 0 Å². The molecule has 10 heteroatoms. The van der Waals surface area contributed by atoms with Crippen molar-refractivity contribution in [2.75, 3.05) is 25.0 Å². The number of ether oxygens (including phenoxy) is 3. The van der Waals surface area contributed by atoms with Crippen LogP contribution in [0.4, 0.5) is 5.69 Å². The molecule has 9 nitrogen and oxygen atoms in total. The highest BCUT2D eigenvalue weighted by Gasteiger charge is 2.18. The van der Waals surface area contributed by atoms with Crippen LogP contribution < -0.4 is 24.4 Å². The first-order valence-corrected chi connectivity index (χ1v) is 11.4. The minimum absolute atomic E-state index is 0.0723. The lowest BCUT2D eigenvalue weighted by atomic mass is 10.2. The fraction of sp³-hybridized carbons (Fsp3) is 0.130. The molecule has 0 aliphatic carbocycles. The number of hydrazone groups is 1. The summed E-state index contributed by atoms with van der Waals surface area (Å²) in [4.78, 5) is 12.4. The number of amides is 1. The van der Waals surface area contributed by atoms with E-state index in [1.807, 2.05) is 0 Å². The molecule has 1 aliphatic heterocycles. The maximum Gasteiger partial charge on any atom is 0.271 e. The Kier molecular flexibility index (Phi) is 6.45. The van der Waals surface area contributed by atoms with E-state index in [4.69, 9.17) is 14.2 Å². The molecule has 0 atom stereocenters. The van der Waals surface area contributed by atoms with Crippen LogP contribution in [0.15, 0.2) is 76.7 Å². The second kappa shape index (κ2) is 9.61. The van der Waals surface area contributed by atoms with Gasteiger partial charge in [-0.2, -0.15) is 5.10 Å². The summed E-state index contributed by atoms with van der Waals surface area (Å²) in [5.74, 6) is 1.08. The SMILES string of the molecule is COc1ccccc1NS(=O)(=O)c1cccc(C(=O)NN=Cc2ccc3c(c2)OCCO3)c1. The van der Waals surface area contributed by atoms with Gasteiger partial charge in [0.25, 0.3) is 15.9 Å². The van der Waals surface area contributed by atoms with Gasteiger partial charge in [-0.25, -0.2) is 13.8 Å². The highest BCUT2D eigenvalue weighted by atomic mass is 32.2. The number of carbonyl (C=O) groups is 1. The van der Waals surface area contributed by atoms with Gasteiger partial charge in [0, 0.05) is 5.56 Å². The van der Waals surface area contributed by atoms with Gasteiger partial charge in [0.1, 0.15) is 19.0 Å². The molecule has 1 amide bonds. The zero-order valence-electron chi connectivity index (χ0n) is 17.6. The van der Waals surface area contributed by atoms with Gasteiger partial charge in [-0.05, 0) is 54.1 Å². The summed E-state index contributed by atoms with van der Waals surface area (Å²) in [5, 5.41) is 3.95. The Balaban J connectivity index is 1.45. The lowest BCUT2D eigenvalue weighted by Crippen LogP contribution is -2.19. The van der Waals surface area contributed by atoms with Crippen LogP contribution in [-0.2, 0) is 10.0 Å². The first-order chi connectivity index (χ1) is 16.0. The molecule has 0 aromatic heterocycles. The average molecular weight is 468 g/mol. The highest BCUT2D eigenvalue weighted by Crippen LogP contribution is 2.30. The van der Waals surface area contributed by atoms with Crippen molar-refractivity contribution in [2.45, 2.75) is 4.90 Å². The van der Waals surface area contributed by atoms with E-state index < -0.39 is 15.9 Å². The molecule has 1 heterocycles. The topological polar surface area (TPSA) is 115 Å². The Morgan fingerprint density at radius 3 is 2.61 bits per heavy atom. The van der Waals surface area contributed by atoms with Crippen LogP contribution >= 0.6 is 0 Å². The molecule has 0 saturated heterocycles. The van der Waals surface area contributed by atoms with Crippen molar-refractivity contribution in [1.29, 1.82) is 0 Å². The number of nitrogens with one attached hydrogen (secondary N) is 2. The lowest BCUT2D eigenvalue weighted by molar-refractivity contribution is 0.0955. The van der Waals surface area contributed by atoms with Gasteiger partial charge >= 0.3 is 0 Å². The van der Waals surface area contributed by atoms with Gasteiger partial charge in [0.2, 0.25) is 0 Å². The van der Waals surface area contributed by atoms with Crippen molar-refractivity contribution < 1.29 is 27.4 Å². The van der Waals surface area contributed by atoms with Gasteiger partial charge in [-0.3, -0.25) is 9.52 Å². The predicted molar refractivity (Wildman–Crippen MR) is 123 cm³/mol. The average Bonchev–Trinajstić information content (AvgIpc) is 2.84. The molecule has 0 unspecified atom stereocenters. The van der Waals surface area contributed by atoms with E-state index in [0.29, 0.717) is 41.7 Å². The molecule has 0 spiro atoms. The zero-order chi connectivity index (χ0) is 23.3. The zero-order valence-corrected chi connectivity index (χ0v) is 18.5. The van der Waals surface area contributed by atoms with E-state index in [-0.39, 0.29) is 10.5 Å². The number of hydrogen-bond acceptors (Lipinski definition) is 7. The Hall–Kier alpha value is -4.05. The number of carbonyl (C=O) groups excluding carboxylic acids is 1. The van der Waals surface area contributed by atoms with Crippen molar-refractivity contribution in [2.24, 2.45) is 5.10 Å². The number of benzene rings is 3. The van der Waals surface area contributed by atoms with Gasteiger partial charge in [0.05, 0.1) is 23.9 Å². The standard InChI is InChI=1S/C23H21N3O6S/c1-30-20-8-3-2-7-19(20)26-33(28,29)18-6-4-5-17(14-18)23(27)25-24-15-16-9-10-21-22(13-16)32-12-11-31-21/h2-10,13-15,26H,11-12H2,1H3,(H,25,27). The maximum atomic E-state index is 12.8. The van der Waals surface area contributed by atoms with E-state index in [0.717, 1.165) is 0 Å². The van der Waals surface area contributed by atoms with Crippen LogP contribution in [0.1, 0.15) is 15.9 Å². The molecular formula is C23H21N3O6S. The van der Waals surface area contributed by atoms with Gasteiger partial charge < -0.3 is 14.2 Å². The molecule has 0 radical (unpaired) electrons. The first-order valence-electron chi connectivity index (χ1n) is 9.95. The van der Waals surface area contributed by atoms with Crippen molar-refractivity contribution in [3.8, 4) is 17.2 Å².